The first-order valence-electron chi connectivity index (χ1n) is 13.7. The van der Waals surface area contributed by atoms with Crippen LogP contribution in [0.15, 0.2) is 0 Å². The lowest BCUT2D eigenvalue weighted by Crippen LogP contribution is -2.47. The highest BCUT2D eigenvalue weighted by Crippen LogP contribution is 2.46. The summed E-state index contributed by atoms with van der Waals surface area (Å²) in [6.07, 6.45) is 28.7. The molecule has 0 N–H and O–H groups in total. The lowest BCUT2D eigenvalue weighted by Gasteiger charge is -2.41. The number of carbonyl (C=O) groups excluding carboxylic acids is 1. The van der Waals surface area contributed by atoms with Gasteiger partial charge >= 0.3 is 0 Å². The fourth-order valence-corrected chi connectivity index (χ4v) is 7.49. The van der Waals surface area contributed by atoms with Crippen molar-refractivity contribution in [3.05, 3.63) is 0 Å². The van der Waals surface area contributed by atoms with Crippen LogP contribution in [0, 0.1) is 17.8 Å². The van der Waals surface area contributed by atoms with Gasteiger partial charge in [-0.3, -0.25) is 4.79 Å². The van der Waals surface area contributed by atoms with Crippen LogP contribution < -0.4 is 0 Å². The Morgan fingerprint density at radius 3 is 1.55 bits per heavy atom. The van der Waals surface area contributed by atoms with E-state index in [0.29, 0.717) is 29.8 Å². The number of amides is 1. The summed E-state index contributed by atoms with van der Waals surface area (Å²) in [5.41, 5.74) is 0. The highest BCUT2D eigenvalue weighted by atomic mass is 16.2. The van der Waals surface area contributed by atoms with Crippen LogP contribution in [0.2, 0.25) is 0 Å². The first-order valence-corrected chi connectivity index (χ1v) is 13.7. The lowest BCUT2D eigenvalue weighted by molar-refractivity contribution is -0.135. The van der Waals surface area contributed by atoms with Crippen molar-refractivity contribution in [2.24, 2.45) is 17.8 Å². The van der Waals surface area contributed by atoms with E-state index in [1.54, 1.807) is 0 Å². The highest BCUT2D eigenvalue weighted by Gasteiger charge is 2.51. The van der Waals surface area contributed by atoms with Crippen LogP contribution in [0.1, 0.15) is 135 Å². The van der Waals surface area contributed by atoms with Crippen molar-refractivity contribution in [1.29, 1.82) is 0 Å². The van der Waals surface area contributed by atoms with E-state index in [4.69, 9.17) is 0 Å². The number of rotatable bonds is 2. The summed E-state index contributed by atoms with van der Waals surface area (Å²) >= 11 is 0. The van der Waals surface area contributed by atoms with Gasteiger partial charge in [0.2, 0.25) is 5.91 Å². The van der Waals surface area contributed by atoms with Gasteiger partial charge in [-0.05, 0) is 50.4 Å². The van der Waals surface area contributed by atoms with E-state index in [1.165, 1.54) is 135 Å². The smallest absolute Gasteiger partial charge is 0.226 e. The van der Waals surface area contributed by atoms with Crippen LogP contribution in [0.5, 0.6) is 0 Å². The molecule has 0 radical (unpaired) electrons. The summed E-state index contributed by atoms with van der Waals surface area (Å²) < 4.78 is 0. The van der Waals surface area contributed by atoms with Crippen LogP contribution >= 0.6 is 0 Å². The molecule has 1 saturated heterocycles. The van der Waals surface area contributed by atoms with E-state index in [9.17, 15) is 4.79 Å². The van der Waals surface area contributed by atoms with Gasteiger partial charge in [-0.1, -0.05) is 96.3 Å². The zero-order chi connectivity index (χ0) is 19.9. The molecule has 1 heterocycles. The van der Waals surface area contributed by atoms with Gasteiger partial charge in [0.05, 0.1) is 0 Å². The quantitative estimate of drug-likeness (QED) is 0.465. The highest BCUT2D eigenvalue weighted by molar-refractivity contribution is 5.82. The van der Waals surface area contributed by atoms with Crippen molar-refractivity contribution in [1.82, 2.24) is 4.90 Å². The third kappa shape index (κ3) is 5.40. The van der Waals surface area contributed by atoms with Crippen molar-refractivity contribution >= 4 is 5.91 Å². The maximum atomic E-state index is 13.9. The maximum absolute atomic E-state index is 13.9. The van der Waals surface area contributed by atoms with Gasteiger partial charge in [-0.15, -0.1) is 0 Å². The summed E-state index contributed by atoms with van der Waals surface area (Å²) in [6, 6.07) is 1.15. The van der Waals surface area contributed by atoms with E-state index >= 15 is 0 Å². The third-order valence-electron chi connectivity index (χ3n) is 9.00. The van der Waals surface area contributed by atoms with Gasteiger partial charge in [0.15, 0.2) is 0 Å². The molecule has 1 amide bonds. The van der Waals surface area contributed by atoms with Crippen LogP contribution in [-0.2, 0) is 4.79 Å². The molecule has 29 heavy (non-hydrogen) atoms. The molecule has 4 fully saturated rings. The van der Waals surface area contributed by atoms with Crippen LogP contribution in [0.25, 0.3) is 0 Å². The Morgan fingerprint density at radius 2 is 0.966 bits per heavy atom. The van der Waals surface area contributed by atoms with E-state index < -0.39 is 0 Å². The summed E-state index contributed by atoms with van der Waals surface area (Å²) in [5, 5.41) is 0. The van der Waals surface area contributed by atoms with Gasteiger partial charge in [0.25, 0.3) is 0 Å². The monoisotopic (exact) mass is 401 g/mol. The fourth-order valence-electron chi connectivity index (χ4n) is 7.49. The van der Waals surface area contributed by atoms with Crippen LogP contribution in [0.4, 0.5) is 0 Å². The summed E-state index contributed by atoms with van der Waals surface area (Å²) in [5.74, 6) is 2.44. The Bertz CT molecular complexity index is 487. The second-order valence-electron chi connectivity index (χ2n) is 11.0. The van der Waals surface area contributed by atoms with Crippen molar-refractivity contribution in [3.8, 4) is 0 Å². The van der Waals surface area contributed by atoms with Gasteiger partial charge in [-0.25, -0.2) is 0 Å². The van der Waals surface area contributed by atoms with E-state index in [1.807, 2.05) is 0 Å². The first kappa shape index (κ1) is 21.7. The van der Waals surface area contributed by atoms with E-state index in [0.717, 1.165) is 5.92 Å². The molecule has 1 aliphatic heterocycles. The molecule has 4 rings (SSSR count). The van der Waals surface area contributed by atoms with Crippen molar-refractivity contribution in [2.75, 3.05) is 0 Å². The first-order chi connectivity index (χ1) is 14.4. The topological polar surface area (TPSA) is 20.3 Å². The normalized spacial score (nSPS) is 34.8. The van der Waals surface area contributed by atoms with Crippen molar-refractivity contribution in [3.63, 3.8) is 0 Å². The molecular formula is C27H47NO. The molecule has 0 aromatic carbocycles. The molecule has 0 spiro atoms. The number of nitrogens with zero attached hydrogens (tertiary/aromatic N) is 1. The largest absolute Gasteiger partial charge is 0.336 e. The zero-order valence-corrected chi connectivity index (χ0v) is 19.1. The molecule has 166 valence electrons. The van der Waals surface area contributed by atoms with Crippen molar-refractivity contribution in [2.45, 2.75) is 147 Å². The maximum Gasteiger partial charge on any atom is 0.226 e. The number of fused-ring (bicyclic) bond motifs is 1. The Kier molecular flexibility index (Phi) is 8.37. The van der Waals surface area contributed by atoms with Crippen molar-refractivity contribution < 1.29 is 4.79 Å². The van der Waals surface area contributed by atoms with Gasteiger partial charge < -0.3 is 4.90 Å². The Morgan fingerprint density at radius 1 is 0.517 bits per heavy atom. The number of hydrogen-bond donors (Lipinski definition) is 0. The minimum absolute atomic E-state index is 0.369. The lowest BCUT2D eigenvalue weighted by atomic mass is 9.75. The van der Waals surface area contributed by atoms with E-state index in [-0.39, 0.29) is 0 Å². The molecule has 2 nitrogen and oxygen atoms in total. The van der Waals surface area contributed by atoms with E-state index in [2.05, 4.69) is 4.90 Å². The molecule has 3 unspecified atom stereocenters. The second kappa shape index (κ2) is 11.2. The fraction of sp³-hybridized carbons (Fsp3) is 0.963. The Labute approximate surface area is 180 Å². The van der Waals surface area contributed by atoms with Crippen LogP contribution in [-0.4, -0.2) is 22.9 Å². The number of hydrogen-bond acceptors (Lipinski definition) is 1. The zero-order valence-electron chi connectivity index (χ0n) is 19.1. The summed E-state index contributed by atoms with van der Waals surface area (Å²) in [4.78, 5) is 16.5. The third-order valence-corrected chi connectivity index (χ3v) is 9.00. The molecule has 3 saturated carbocycles. The summed E-state index contributed by atoms with van der Waals surface area (Å²) in [6.45, 7) is 0. The Balaban J connectivity index is 1.60. The minimum atomic E-state index is 0.369. The van der Waals surface area contributed by atoms with Gasteiger partial charge in [0.1, 0.15) is 0 Å². The number of likely N-dealkylation sites (tertiary alicyclic amines) is 1. The predicted octanol–water partition coefficient (Wildman–Crippen LogP) is 7.65. The number of carbonyl (C=O) groups is 1. The van der Waals surface area contributed by atoms with Gasteiger partial charge in [-0.2, -0.15) is 0 Å². The second-order valence-corrected chi connectivity index (χ2v) is 11.0. The van der Waals surface area contributed by atoms with Gasteiger partial charge in [0, 0.05) is 18.0 Å². The molecule has 0 aromatic rings. The predicted molar refractivity (Wildman–Crippen MR) is 122 cm³/mol. The van der Waals surface area contributed by atoms with Crippen LogP contribution in [0.3, 0.4) is 0 Å². The molecule has 2 heteroatoms. The minimum Gasteiger partial charge on any atom is -0.336 e. The average Bonchev–Trinajstić information content (AvgIpc) is 2.99. The SMILES string of the molecule is O=C1C2CCCCCCCC2C(C2CCCCCCC2)N1C1CCCCCCC1. The Hall–Kier alpha value is -0.530. The standard InChI is InChI=1S/C27H47NO/c29-27-25-21-15-9-3-8-14-20-24(25)26(22-16-10-4-1-5-11-17-22)28(27)23-18-12-6-2-7-13-19-23/h22-26H,1-21H2. The molecule has 4 aliphatic rings. The summed E-state index contributed by atoms with van der Waals surface area (Å²) in [7, 11) is 0. The molecular weight excluding hydrogens is 354 g/mol. The molecule has 0 aromatic heterocycles. The average molecular weight is 402 g/mol. The molecule has 0 bridgehead atoms. The molecule has 3 atom stereocenters. The molecule has 3 aliphatic carbocycles.